The molecule has 4 heteroatoms. The average molecular weight is 248 g/mol. The fraction of sp³-hybridized carbons (Fsp3) is 0.308. The van der Waals surface area contributed by atoms with Crippen molar-refractivity contribution in [3.05, 3.63) is 47.8 Å². The number of aliphatic hydroxyl groups excluding tert-OH is 1. The Morgan fingerprint density at radius 2 is 2.12 bits per heavy atom. The van der Waals surface area contributed by atoms with Gasteiger partial charge in [-0.1, -0.05) is 18.2 Å². The number of rotatable bonds is 4. The first-order chi connectivity index (χ1) is 8.18. The van der Waals surface area contributed by atoms with Crippen LogP contribution in [0.1, 0.15) is 17.4 Å². The molecule has 3 nitrogen and oxygen atoms in total. The highest BCUT2D eigenvalue weighted by Gasteiger charge is 2.12. The number of aromatic nitrogens is 2. The normalized spacial score (nSPS) is 12.6. The monoisotopic (exact) mass is 248 g/mol. The molecule has 1 aromatic carbocycles. The third kappa shape index (κ3) is 2.90. The lowest BCUT2D eigenvalue weighted by atomic mass is 10.2. The third-order valence-electron chi connectivity index (χ3n) is 2.69. The standard InChI is InChI=1S/C13H16N2OS/c1-10-5-3-4-6-13(10)17-9-12(16)11-7-8-14-15(11)2/h3-8,12,16H,9H2,1-2H3. The Morgan fingerprint density at radius 1 is 1.35 bits per heavy atom. The van der Waals surface area contributed by atoms with E-state index in [1.165, 1.54) is 10.5 Å². The van der Waals surface area contributed by atoms with Gasteiger partial charge in [0.25, 0.3) is 0 Å². The second-order valence-corrected chi connectivity index (χ2v) is 5.03. The fourth-order valence-electron chi connectivity index (χ4n) is 1.68. The molecule has 0 aliphatic heterocycles. The van der Waals surface area contributed by atoms with E-state index < -0.39 is 6.10 Å². The Labute approximate surface area is 105 Å². The number of aryl methyl sites for hydroxylation is 2. The van der Waals surface area contributed by atoms with Crippen LogP contribution < -0.4 is 0 Å². The first-order valence-electron chi connectivity index (χ1n) is 5.53. The second kappa shape index (κ2) is 5.38. The molecule has 1 N–H and O–H groups in total. The zero-order valence-electron chi connectivity index (χ0n) is 10.00. The van der Waals surface area contributed by atoms with E-state index in [1.54, 1.807) is 22.6 Å². The highest BCUT2D eigenvalue weighted by molar-refractivity contribution is 7.99. The van der Waals surface area contributed by atoms with Gasteiger partial charge in [-0.2, -0.15) is 5.10 Å². The molecule has 0 amide bonds. The van der Waals surface area contributed by atoms with Crippen LogP contribution in [-0.4, -0.2) is 20.6 Å². The summed E-state index contributed by atoms with van der Waals surface area (Å²) in [6.07, 6.45) is 1.23. The Kier molecular flexibility index (Phi) is 3.86. The van der Waals surface area contributed by atoms with Crippen molar-refractivity contribution in [2.45, 2.75) is 17.9 Å². The van der Waals surface area contributed by atoms with E-state index in [0.29, 0.717) is 5.75 Å². The molecule has 1 aromatic heterocycles. The number of aliphatic hydroxyl groups is 1. The van der Waals surface area contributed by atoms with Crippen LogP contribution in [0.3, 0.4) is 0 Å². The second-order valence-electron chi connectivity index (χ2n) is 3.97. The maximum atomic E-state index is 10.1. The van der Waals surface area contributed by atoms with Crippen molar-refractivity contribution in [1.29, 1.82) is 0 Å². The van der Waals surface area contributed by atoms with Crippen molar-refractivity contribution < 1.29 is 5.11 Å². The predicted octanol–water partition coefficient (Wildman–Crippen LogP) is 2.55. The zero-order valence-corrected chi connectivity index (χ0v) is 10.8. The van der Waals surface area contributed by atoms with E-state index in [-0.39, 0.29) is 0 Å². The van der Waals surface area contributed by atoms with Crippen LogP contribution in [-0.2, 0) is 7.05 Å². The molecule has 2 rings (SSSR count). The van der Waals surface area contributed by atoms with Gasteiger partial charge in [-0.3, -0.25) is 4.68 Å². The van der Waals surface area contributed by atoms with Crippen molar-refractivity contribution in [2.24, 2.45) is 7.05 Å². The molecule has 0 radical (unpaired) electrons. The third-order valence-corrected chi connectivity index (χ3v) is 3.94. The van der Waals surface area contributed by atoms with Gasteiger partial charge in [-0.05, 0) is 24.6 Å². The molecular weight excluding hydrogens is 232 g/mol. The first-order valence-corrected chi connectivity index (χ1v) is 6.51. The van der Waals surface area contributed by atoms with Crippen LogP contribution in [0.2, 0.25) is 0 Å². The summed E-state index contributed by atoms with van der Waals surface area (Å²) in [5, 5.41) is 14.1. The lowest BCUT2D eigenvalue weighted by molar-refractivity contribution is 0.193. The Bertz CT molecular complexity index is 496. The first kappa shape index (κ1) is 12.2. The molecule has 0 saturated heterocycles. The van der Waals surface area contributed by atoms with Crippen LogP contribution >= 0.6 is 11.8 Å². The zero-order chi connectivity index (χ0) is 12.3. The molecule has 2 aromatic rings. The molecule has 1 unspecified atom stereocenters. The highest BCUT2D eigenvalue weighted by atomic mass is 32.2. The van der Waals surface area contributed by atoms with Crippen molar-refractivity contribution in [3.8, 4) is 0 Å². The SMILES string of the molecule is Cc1ccccc1SCC(O)c1ccnn1C. The smallest absolute Gasteiger partial charge is 0.105 e. The molecular formula is C13H16N2OS. The van der Waals surface area contributed by atoms with Crippen LogP contribution in [0, 0.1) is 6.92 Å². The van der Waals surface area contributed by atoms with Crippen molar-refractivity contribution in [2.75, 3.05) is 5.75 Å². The van der Waals surface area contributed by atoms with Crippen LogP contribution in [0.25, 0.3) is 0 Å². The van der Waals surface area contributed by atoms with Crippen molar-refractivity contribution in [3.63, 3.8) is 0 Å². The summed E-state index contributed by atoms with van der Waals surface area (Å²) in [6, 6.07) is 10.1. The summed E-state index contributed by atoms with van der Waals surface area (Å²) < 4.78 is 1.71. The van der Waals surface area contributed by atoms with E-state index in [4.69, 9.17) is 0 Å². The van der Waals surface area contributed by atoms with E-state index in [9.17, 15) is 5.11 Å². The minimum atomic E-state index is -0.480. The molecule has 1 atom stereocenters. The lowest BCUT2D eigenvalue weighted by Crippen LogP contribution is -2.07. The molecule has 0 saturated carbocycles. The highest BCUT2D eigenvalue weighted by Crippen LogP contribution is 2.26. The van der Waals surface area contributed by atoms with Gasteiger partial charge < -0.3 is 5.11 Å². The molecule has 1 heterocycles. The maximum absolute atomic E-state index is 10.1. The van der Waals surface area contributed by atoms with Crippen molar-refractivity contribution in [1.82, 2.24) is 9.78 Å². The number of thioether (sulfide) groups is 1. The molecule has 90 valence electrons. The Morgan fingerprint density at radius 3 is 2.76 bits per heavy atom. The summed E-state index contributed by atoms with van der Waals surface area (Å²) in [5.41, 5.74) is 2.10. The van der Waals surface area contributed by atoms with Crippen LogP contribution in [0.4, 0.5) is 0 Å². The summed E-state index contributed by atoms with van der Waals surface area (Å²) in [5.74, 6) is 0.643. The largest absolute Gasteiger partial charge is 0.386 e. The lowest BCUT2D eigenvalue weighted by Gasteiger charge is -2.11. The molecule has 0 bridgehead atoms. The fourth-order valence-corrected chi connectivity index (χ4v) is 2.66. The number of hydrogen-bond acceptors (Lipinski definition) is 3. The summed E-state index contributed by atoms with van der Waals surface area (Å²) in [4.78, 5) is 1.22. The Hall–Kier alpha value is -1.26. The number of benzene rings is 1. The topological polar surface area (TPSA) is 38.1 Å². The van der Waals surface area contributed by atoms with Gasteiger partial charge in [0.1, 0.15) is 6.10 Å². The summed E-state index contributed by atoms with van der Waals surface area (Å²) in [6.45, 7) is 2.08. The minimum absolute atomic E-state index is 0.480. The number of nitrogens with zero attached hydrogens (tertiary/aromatic N) is 2. The molecule has 0 aliphatic rings. The molecule has 17 heavy (non-hydrogen) atoms. The van der Waals surface area contributed by atoms with Crippen molar-refractivity contribution >= 4 is 11.8 Å². The van der Waals surface area contributed by atoms with Gasteiger partial charge in [-0.15, -0.1) is 11.8 Å². The van der Waals surface area contributed by atoms with Gasteiger partial charge in [0, 0.05) is 23.9 Å². The van der Waals surface area contributed by atoms with Crippen LogP contribution in [0.15, 0.2) is 41.4 Å². The van der Waals surface area contributed by atoms with Gasteiger partial charge >= 0.3 is 0 Å². The quantitative estimate of drug-likeness (QED) is 0.845. The summed E-state index contributed by atoms with van der Waals surface area (Å²) in [7, 11) is 1.84. The van der Waals surface area contributed by atoms with Gasteiger partial charge in [0.15, 0.2) is 0 Å². The molecule has 0 aliphatic carbocycles. The average Bonchev–Trinajstić information content (AvgIpc) is 2.74. The van der Waals surface area contributed by atoms with E-state index >= 15 is 0 Å². The number of hydrogen-bond donors (Lipinski definition) is 1. The van der Waals surface area contributed by atoms with Gasteiger partial charge in [0.05, 0.1) is 5.69 Å². The van der Waals surface area contributed by atoms with E-state index in [1.807, 2.05) is 25.2 Å². The summed E-state index contributed by atoms with van der Waals surface area (Å²) >= 11 is 1.67. The molecule has 0 fully saturated rings. The van der Waals surface area contributed by atoms with E-state index in [2.05, 4.69) is 24.2 Å². The minimum Gasteiger partial charge on any atom is -0.386 e. The van der Waals surface area contributed by atoms with Gasteiger partial charge in [-0.25, -0.2) is 0 Å². The van der Waals surface area contributed by atoms with Crippen LogP contribution in [0.5, 0.6) is 0 Å². The molecule has 0 spiro atoms. The van der Waals surface area contributed by atoms with E-state index in [0.717, 1.165) is 5.69 Å². The Balaban J connectivity index is 2.00. The maximum Gasteiger partial charge on any atom is 0.105 e. The van der Waals surface area contributed by atoms with Gasteiger partial charge in [0.2, 0.25) is 0 Å². The predicted molar refractivity (Wildman–Crippen MR) is 70.1 cm³/mol.